The molecule has 1 aliphatic rings. The van der Waals surface area contributed by atoms with E-state index >= 15 is 0 Å². The van der Waals surface area contributed by atoms with Gasteiger partial charge in [-0.2, -0.15) is 0 Å². The molecule has 0 spiro atoms. The predicted molar refractivity (Wildman–Crippen MR) is 72.3 cm³/mol. The van der Waals surface area contributed by atoms with E-state index in [1.807, 2.05) is 6.20 Å². The van der Waals surface area contributed by atoms with Crippen molar-refractivity contribution in [3.05, 3.63) is 48.7 Å². The Hall–Kier alpha value is -1.24. The van der Waals surface area contributed by atoms with Crippen LogP contribution in [0.3, 0.4) is 0 Å². The largest absolute Gasteiger partial charge is 0.372 e. The highest BCUT2D eigenvalue weighted by molar-refractivity contribution is 5.42. The Balaban J connectivity index is 2.72. The lowest BCUT2D eigenvalue weighted by Crippen LogP contribution is -2.38. The van der Waals surface area contributed by atoms with Gasteiger partial charge in [0.05, 0.1) is 5.54 Å². The molecule has 0 amide bonds. The fourth-order valence-electron chi connectivity index (χ4n) is 1.90. The fraction of sp³-hybridized carbons (Fsp3) is 0.467. The molecule has 16 heavy (non-hydrogen) atoms. The van der Waals surface area contributed by atoms with Gasteiger partial charge < -0.3 is 4.90 Å². The molecule has 1 unspecified atom stereocenters. The summed E-state index contributed by atoms with van der Waals surface area (Å²) in [6, 6.07) is 0. The number of allylic oxidation sites excluding steroid dienone is 3. The zero-order valence-electron chi connectivity index (χ0n) is 10.8. The monoisotopic (exact) mass is 217 g/mol. The van der Waals surface area contributed by atoms with E-state index in [2.05, 4.69) is 57.2 Å². The van der Waals surface area contributed by atoms with Crippen LogP contribution in [-0.2, 0) is 0 Å². The average Bonchev–Trinajstić information content (AvgIpc) is 2.29. The van der Waals surface area contributed by atoms with Gasteiger partial charge in [0.2, 0.25) is 0 Å². The molecule has 0 heterocycles. The van der Waals surface area contributed by atoms with Crippen molar-refractivity contribution in [3.63, 3.8) is 0 Å². The minimum Gasteiger partial charge on any atom is -0.372 e. The molecule has 88 valence electrons. The molecule has 0 aromatic rings. The summed E-state index contributed by atoms with van der Waals surface area (Å²) in [5.41, 5.74) is 2.62. The van der Waals surface area contributed by atoms with E-state index in [0.29, 0.717) is 0 Å². The number of hydrogen-bond acceptors (Lipinski definition) is 1. The Morgan fingerprint density at radius 2 is 2.31 bits per heavy atom. The van der Waals surface area contributed by atoms with E-state index < -0.39 is 0 Å². The third-order valence-electron chi connectivity index (χ3n) is 3.40. The minimum absolute atomic E-state index is 0.0672. The Labute approximate surface area is 99.8 Å². The normalized spacial score (nSPS) is 23.8. The van der Waals surface area contributed by atoms with Crippen LogP contribution in [0.15, 0.2) is 48.7 Å². The van der Waals surface area contributed by atoms with Crippen molar-refractivity contribution in [1.82, 2.24) is 4.90 Å². The van der Waals surface area contributed by atoms with Gasteiger partial charge in [-0.15, -0.1) is 0 Å². The average molecular weight is 217 g/mol. The van der Waals surface area contributed by atoms with Gasteiger partial charge in [-0.25, -0.2) is 0 Å². The maximum absolute atomic E-state index is 4.13. The van der Waals surface area contributed by atoms with E-state index in [9.17, 15) is 0 Å². The van der Waals surface area contributed by atoms with Gasteiger partial charge in [-0.05, 0) is 37.1 Å². The molecule has 1 aliphatic carbocycles. The van der Waals surface area contributed by atoms with Crippen LogP contribution in [0.5, 0.6) is 0 Å². The minimum atomic E-state index is 0.0672. The number of hydrogen-bond donors (Lipinski definition) is 0. The second-order valence-corrected chi connectivity index (χ2v) is 4.70. The first-order chi connectivity index (χ1) is 7.53. The van der Waals surface area contributed by atoms with Crippen LogP contribution in [-0.4, -0.2) is 17.5 Å². The molecule has 1 atom stereocenters. The summed E-state index contributed by atoms with van der Waals surface area (Å²) >= 11 is 0. The maximum Gasteiger partial charge on any atom is 0.0585 e. The molecular weight excluding hydrogens is 194 g/mol. The Morgan fingerprint density at radius 1 is 1.62 bits per heavy atom. The lowest BCUT2D eigenvalue weighted by Gasteiger charge is -2.37. The van der Waals surface area contributed by atoms with Crippen molar-refractivity contribution in [2.24, 2.45) is 0 Å². The zero-order chi connectivity index (χ0) is 12.2. The highest BCUT2D eigenvalue weighted by atomic mass is 15.1. The summed E-state index contributed by atoms with van der Waals surface area (Å²) in [4.78, 5) is 2.15. The highest BCUT2D eigenvalue weighted by Gasteiger charge is 2.25. The number of likely N-dealkylation sites (N-methyl/N-ethyl adjacent to an activating group) is 1. The fourth-order valence-corrected chi connectivity index (χ4v) is 1.90. The Kier molecular flexibility index (Phi) is 4.17. The zero-order valence-corrected chi connectivity index (χ0v) is 10.8. The lowest BCUT2D eigenvalue weighted by atomic mass is 9.86. The summed E-state index contributed by atoms with van der Waals surface area (Å²) < 4.78 is 0. The van der Waals surface area contributed by atoms with Gasteiger partial charge in [0, 0.05) is 7.05 Å². The van der Waals surface area contributed by atoms with Gasteiger partial charge in [-0.3, -0.25) is 0 Å². The summed E-state index contributed by atoms with van der Waals surface area (Å²) in [5.74, 6) is 0. The van der Waals surface area contributed by atoms with E-state index in [-0.39, 0.29) is 5.54 Å². The topological polar surface area (TPSA) is 3.24 Å². The molecule has 0 fully saturated rings. The third kappa shape index (κ3) is 2.66. The second kappa shape index (κ2) is 5.20. The van der Waals surface area contributed by atoms with Crippen molar-refractivity contribution in [2.75, 3.05) is 7.05 Å². The molecule has 1 rings (SSSR count). The van der Waals surface area contributed by atoms with Crippen molar-refractivity contribution in [3.8, 4) is 0 Å². The van der Waals surface area contributed by atoms with E-state index in [4.69, 9.17) is 0 Å². The van der Waals surface area contributed by atoms with E-state index in [0.717, 1.165) is 19.3 Å². The van der Waals surface area contributed by atoms with E-state index in [1.54, 1.807) is 0 Å². The molecule has 1 heteroatoms. The van der Waals surface area contributed by atoms with Crippen LogP contribution in [0.2, 0.25) is 0 Å². The SMILES string of the molecule is C=CN(C)C1(C)C=CC(C(=C)CCC)=CC1. The third-order valence-corrected chi connectivity index (χ3v) is 3.40. The molecule has 1 nitrogen and oxygen atoms in total. The van der Waals surface area contributed by atoms with Crippen molar-refractivity contribution >= 4 is 0 Å². The summed E-state index contributed by atoms with van der Waals surface area (Å²) in [6.07, 6.45) is 11.9. The summed E-state index contributed by atoms with van der Waals surface area (Å²) in [6.45, 7) is 12.4. The smallest absolute Gasteiger partial charge is 0.0585 e. The van der Waals surface area contributed by atoms with Crippen LogP contribution in [0.4, 0.5) is 0 Å². The van der Waals surface area contributed by atoms with Gasteiger partial charge in [0.1, 0.15) is 0 Å². The molecule has 0 aliphatic heterocycles. The molecule has 0 saturated carbocycles. The van der Waals surface area contributed by atoms with Crippen LogP contribution in [0, 0.1) is 0 Å². The van der Waals surface area contributed by atoms with Crippen molar-refractivity contribution in [1.29, 1.82) is 0 Å². The first-order valence-corrected chi connectivity index (χ1v) is 5.96. The first kappa shape index (κ1) is 12.8. The van der Waals surface area contributed by atoms with Gasteiger partial charge >= 0.3 is 0 Å². The molecule has 0 radical (unpaired) electrons. The molecule has 0 aromatic carbocycles. The van der Waals surface area contributed by atoms with Crippen LogP contribution < -0.4 is 0 Å². The standard InChI is InChI=1S/C15H23N/c1-6-8-13(3)14-9-11-15(4,12-10-14)16(5)7-2/h7,9-11H,2-3,6,8,12H2,1,4-5H3. The first-order valence-electron chi connectivity index (χ1n) is 5.96. The molecule has 0 saturated heterocycles. The van der Waals surface area contributed by atoms with Gasteiger partial charge in [0.15, 0.2) is 0 Å². The molecule has 0 aromatic heterocycles. The Bertz CT molecular complexity index is 335. The van der Waals surface area contributed by atoms with Crippen LogP contribution in [0.25, 0.3) is 0 Å². The molecular formula is C15H23N. The highest BCUT2D eigenvalue weighted by Crippen LogP contribution is 2.29. The van der Waals surface area contributed by atoms with E-state index in [1.165, 1.54) is 11.1 Å². The van der Waals surface area contributed by atoms with Crippen molar-refractivity contribution < 1.29 is 0 Å². The predicted octanol–water partition coefficient (Wildman–Crippen LogP) is 4.06. The number of rotatable bonds is 5. The Morgan fingerprint density at radius 3 is 2.75 bits per heavy atom. The van der Waals surface area contributed by atoms with Crippen molar-refractivity contribution in [2.45, 2.75) is 38.6 Å². The number of nitrogens with zero attached hydrogens (tertiary/aromatic N) is 1. The maximum atomic E-state index is 4.13. The quantitative estimate of drug-likeness (QED) is 0.671. The summed E-state index contributed by atoms with van der Waals surface area (Å²) in [7, 11) is 2.07. The van der Waals surface area contributed by atoms with Crippen LogP contribution in [0.1, 0.15) is 33.1 Å². The lowest BCUT2D eigenvalue weighted by molar-refractivity contribution is 0.262. The van der Waals surface area contributed by atoms with Gasteiger partial charge in [0.25, 0.3) is 0 Å². The molecule has 0 N–H and O–H groups in total. The second-order valence-electron chi connectivity index (χ2n) is 4.70. The molecule has 0 bridgehead atoms. The summed E-state index contributed by atoms with van der Waals surface area (Å²) in [5, 5.41) is 0. The van der Waals surface area contributed by atoms with Crippen LogP contribution >= 0.6 is 0 Å². The van der Waals surface area contributed by atoms with Gasteiger partial charge in [-0.1, -0.05) is 44.7 Å².